The van der Waals surface area contributed by atoms with Crippen molar-refractivity contribution in [3.05, 3.63) is 113 Å². The van der Waals surface area contributed by atoms with E-state index >= 15 is 0 Å². The Labute approximate surface area is 178 Å². The van der Waals surface area contributed by atoms with Gasteiger partial charge >= 0.3 is 0 Å². The van der Waals surface area contributed by atoms with E-state index < -0.39 is 0 Å². The standard InChI is InChI=1S/C18H16BrN.C8H14/c1-2-14(16-10-7-11-17(19)12-16)13-18(20)15-8-5-3-4-6-9-15;1-4-6-8(3)7-5-2/h2-8,10-13,20H,1,9H2;4,6-7H,5H2,1-3H3/b14-13+,20-18?;6-4-,8-7-. The van der Waals surface area contributed by atoms with Gasteiger partial charge in [-0.05, 0) is 61.6 Å². The molecule has 1 aromatic carbocycles. The molecule has 1 N–H and O–H groups in total. The Morgan fingerprint density at radius 2 is 2.04 bits per heavy atom. The molecule has 28 heavy (non-hydrogen) atoms. The van der Waals surface area contributed by atoms with Gasteiger partial charge in [-0.25, -0.2) is 0 Å². The largest absolute Gasteiger partial charge is 0.301 e. The van der Waals surface area contributed by atoms with Gasteiger partial charge in [0.15, 0.2) is 0 Å². The highest BCUT2D eigenvalue weighted by molar-refractivity contribution is 9.10. The first kappa shape index (κ1) is 23.6. The molecule has 0 saturated heterocycles. The zero-order chi connectivity index (χ0) is 20.8. The van der Waals surface area contributed by atoms with Crippen LogP contribution in [0.15, 0.2) is 107 Å². The summed E-state index contributed by atoms with van der Waals surface area (Å²) < 4.78 is 1.02. The maximum Gasteiger partial charge on any atom is 0.0581 e. The van der Waals surface area contributed by atoms with Crippen molar-refractivity contribution >= 4 is 27.2 Å². The van der Waals surface area contributed by atoms with E-state index in [0.717, 1.165) is 34.0 Å². The molecule has 0 aliphatic heterocycles. The lowest BCUT2D eigenvalue weighted by atomic mass is 10.00. The van der Waals surface area contributed by atoms with E-state index in [9.17, 15) is 0 Å². The van der Waals surface area contributed by atoms with Crippen molar-refractivity contribution < 1.29 is 0 Å². The number of hydrogen-bond acceptors (Lipinski definition) is 1. The third kappa shape index (κ3) is 8.96. The summed E-state index contributed by atoms with van der Waals surface area (Å²) in [5.41, 5.74) is 4.89. The van der Waals surface area contributed by atoms with Gasteiger partial charge in [0.25, 0.3) is 0 Å². The van der Waals surface area contributed by atoms with Crippen LogP contribution in [-0.2, 0) is 0 Å². The molecule has 0 unspecified atom stereocenters. The Morgan fingerprint density at radius 1 is 1.25 bits per heavy atom. The van der Waals surface area contributed by atoms with Crippen LogP contribution in [0.3, 0.4) is 0 Å². The molecule has 2 rings (SSSR count). The Bertz CT molecular complexity index is 845. The SMILES string of the molecule is C/C=C\C(C)=C/CC.C=C/C(=C\C(=N)C1=CC=CC=CC1)c1cccc(Br)c1. The third-order valence-electron chi connectivity index (χ3n) is 3.97. The number of rotatable bonds is 6. The summed E-state index contributed by atoms with van der Waals surface area (Å²) in [5.74, 6) is 0. The van der Waals surface area contributed by atoms with E-state index in [1.807, 2.05) is 61.6 Å². The molecule has 0 radical (unpaired) electrons. The topological polar surface area (TPSA) is 23.9 Å². The number of halogens is 1. The van der Waals surface area contributed by atoms with Crippen molar-refractivity contribution in [1.82, 2.24) is 0 Å². The lowest BCUT2D eigenvalue weighted by molar-refractivity contribution is 1.20. The highest BCUT2D eigenvalue weighted by Crippen LogP contribution is 2.21. The van der Waals surface area contributed by atoms with Crippen LogP contribution >= 0.6 is 15.9 Å². The molecule has 0 aromatic heterocycles. The quantitative estimate of drug-likeness (QED) is 0.342. The molecule has 0 fully saturated rings. The minimum absolute atomic E-state index is 0.524. The summed E-state index contributed by atoms with van der Waals surface area (Å²) in [5, 5.41) is 8.25. The fourth-order valence-corrected chi connectivity index (χ4v) is 3.01. The number of allylic oxidation sites excluding steroid dienone is 13. The molecular formula is C26H30BrN. The van der Waals surface area contributed by atoms with E-state index in [0.29, 0.717) is 5.71 Å². The van der Waals surface area contributed by atoms with Crippen molar-refractivity contribution in [2.24, 2.45) is 0 Å². The number of nitrogens with one attached hydrogen (secondary N) is 1. The zero-order valence-corrected chi connectivity index (χ0v) is 18.7. The van der Waals surface area contributed by atoms with E-state index in [-0.39, 0.29) is 0 Å². The average Bonchev–Trinajstić information content (AvgIpc) is 2.96. The Morgan fingerprint density at radius 3 is 2.68 bits per heavy atom. The van der Waals surface area contributed by atoms with Crippen molar-refractivity contribution in [3.8, 4) is 0 Å². The molecular weight excluding hydrogens is 406 g/mol. The molecule has 1 aromatic rings. The second-order valence-corrected chi connectivity index (χ2v) is 7.21. The summed E-state index contributed by atoms with van der Waals surface area (Å²) in [7, 11) is 0. The molecule has 0 atom stereocenters. The summed E-state index contributed by atoms with van der Waals surface area (Å²) in [4.78, 5) is 0. The number of benzene rings is 1. The first-order valence-electron chi connectivity index (χ1n) is 9.52. The molecule has 146 valence electrons. The van der Waals surface area contributed by atoms with Gasteiger partial charge < -0.3 is 5.41 Å². The van der Waals surface area contributed by atoms with Gasteiger partial charge in [-0.1, -0.05) is 102 Å². The highest BCUT2D eigenvalue weighted by atomic mass is 79.9. The second kappa shape index (κ2) is 13.7. The van der Waals surface area contributed by atoms with E-state index in [2.05, 4.69) is 60.7 Å². The van der Waals surface area contributed by atoms with Crippen LogP contribution in [0, 0.1) is 5.41 Å². The summed E-state index contributed by atoms with van der Waals surface area (Å²) in [6, 6.07) is 8.02. The lowest BCUT2D eigenvalue weighted by Gasteiger charge is -2.06. The summed E-state index contributed by atoms with van der Waals surface area (Å²) in [6.45, 7) is 10.2. The van der Waals surface area contributed by atoms with E-state index in [1.165, 1.54) is 5.57 Å². The first-order valence-corrected chi connectivity index (χ1v) is 10.3. The smallest absolute Gasteiger partial charge is 0.0581 e. The van der Waals surface area contributed by atoms with Gasteiger partial charge in [-0.3, -0.25) is 0 Å². The van der Waals surface area contributed by atoms with Gasteiger partial charge in [-0.15, -0.1) is 0 Å². The molecule has 0 amide bonds. The van der Waals surface area contributed by atoms with Crippen LogP contribution in [-0.4, -0.2) is 5.71 Å². The molecule has 0 bridgehead atoms. The molecule has 1 aliphatic rings. The molecule has 0 spiro atoms. The normalized spacial score (nSPS) is 14.2. The third-order valence-corrected chi connectivity index (χ3v) is 4.47. The first-order chi connectivity index (χ1) is 13.5. The predicted molar refractivity (Wildman–Crippen MR) is 130 cm³/mol. The predicted octanol–water partition coefficient (Wildman–Crippen LogP) is 8.40. The number of hydrogen-bond donors (Lipinski definition) is 1. The fraction of sp³-hybridized carbons (Fsp3) is 0.192. The second-order valence-electron chi connectivity index (χ2n) is 6.29. The van der Waals surface area contributed by atoms with Crippen LogP contribution in [0.2, 0.25) is 0 Å². The van der Waals surface area contributed by atoms with Crippen molar-refractivity contribution in [3.63, 3.8) is 0 Å². The van der Waals surface area contributed by atoms with Crippen molar-refractivity contribution in [2.75, 3.05) is 0 Å². The van der Waals surface area contributed by atoms with Gasteiger partial charge in [-0.2, -0.15) is 0 Å². The summed E-state index contributed by atoms with van der Waals surface area (Å²) >= 11 is 3.47. The Hall–Kier alpha value is -2.45. The van der Waals surface area contributed by atoms with Crippen LogP contribution in [0.1, 0.15) is 39.2 Å². The van der Waals surface area contributed by atoms with E-state index in [4.69, 9.17) is 5.41 Å². The Kier molecular flexibility index (Phi) is 11.5. The lowest BCUT2D eigenvalue weighted by Crippen LogP contribution is -1.98. The zero-order valence-electron chi connectivity index (χ0n) is 17.1. The maximum absolute atomic E-state index is 8.25. The molecule has 2 heteroatoms. The monoisotopic (exact) mass is 435 g/mol. The molecule has 1 nitrogen and oxygen atoms in total. The van der Waals surface area contributed by atoms with Gasteiger partial charge in [0, 0.05) is 4.47 Å². The van der Waals surface area contributed by atoms with Crippen molar-refractivity contribution in [2.45, 2.75) is 33.6 Å². The maximum atomic E-state index is 8.25. The fourth-order valence-electron chi connectivity index (χ4n) is 2.61. The highest BCUT2D eigenvalue weighted by Gasteiger charge is 2.04. The Balaban J connectivity index is 0.000000416. The van der Waals surface area contributed by atoms with Gasteiger partial charge in [0.2, 0.25) is 0 Å². The van der Waals surface area contributed by atoms with Gasteiger partial charge in [0.1, 0.15) is 0 Å². The molecule has 1 aliphatic carbocycles. The van der Waals surface area contributed by atoms with Crippen LogP contribution < -0.4 is 0 Å². The van der Waals surface area contributed by atoms with Crippen LogP contribution in [0.4, 0.5) is 0 Å². The minimum atomic E-state index is 0.524. The van der Waals surface area contributed by atoms with Gasteiger partial charge in [0.05, 0.1) is 5.71 Å². The molecule has 0 heterocycles. The van der Waals surface area contributed by atoms with E-state index in [1.54, 1.807) is 6.08 Å². The minimum Gasteiger partial charge on any atom is -0.301 e. The van der Waals surface area contributed by atoms with Crippen LogP contribution in [0.5, 0.6) is 0 Å². The molecule has 0 saturated carbocycles. The average molecular weight is 436 g/mol. The van der Waals surface area contributed by atoms with Crippen LogP contribution in [0.25, 0.3) is 5.57 Å². The van der Waals surface area contributed by atoms with Crippen molar-refractivity contribution in [1.29, 1.82) is 5.41 Å². The summed E-state index contributed by atoms with van der Waals surface area (Å²) in [6.07, 6.45) is 22.0.